The molecule has 1 heterocycles. The van der Waals surface area contributed by atoms with E-state index < -0.39 is 11.5 Å². The number of nitrogens with one attached hydrogen (secondary N) is 2. The van der Waals surface area contributed by atoms with E-state index in [0.29, 0.717) is 5.69 Å². The van der Waals surface area contributed by atoms with Crippen molar-refractivity contribution in [2.75, 3.05) is 5.32 Å². The predicted octanol–water partition coefficient (Wildman–Crippen LogP) is 2.50. The van der Waals surface area contributed by atoms with Crippen molar-refractivity contribution in [2.24, 2.45) is 0 Å². The number of H-pyrrole nitrogens is 1. The van der Waals surface area contributed by atoms with E-state index in [1.807, 2.05) is 42.5 Å². The topological polar surface area (TPSA) is 78.0 Å². The number of hydrogen-bond donors (Lipinski definition) is 3. The lowest BCUT2D eigenvalue weighted by Gasteiger charge is -2.22. The minimum absolute atomic E-state index is 0.249. The molecule has 0 aliphatic carbocycles. The van der Waals surface area contributed by atoms with E-state index in [1.165, 1.54) is 6.92 Å². The number of fused-ring (bicyclic) bond motifs is 1. The molecule has 0 aliphatic heterocycles. The number of aromatic nitrogens is 2. The molecule has 0 bridgehead atoms. The number of hydrogen-bond acceptors (Lipinski definition) is 3. The quantitative estimate of drug-likeness (QED) is 0.692. The zero-order valence-corrected chi connectivity index (χ0v) is 12.2. The summed E-state index contributed by atoms with van der Waals surface area (Å²) in [5, 5.41) is 21.0. The van der Waals surface area contributed by atoms with Crippen LogP contribution in [0.2, 0.25) is 0 Å². The molecule has 3 N–H and O–H groups in total. The molecule has 0 saturated heterocycles. The molecule has 1 atom stereocenters. The van der Waals surface area contributed by atoms with Crippen LogP contribution in [0.25, 0.3) is 10.9 Å². The van der Waals surface area contributed by atoms with E-state index in [-0.39, 0.29) is 6.42 Å². The standard InChI is InChI=1S/C17H17N3O2/c1-17(22,10-12-6-3-2-4-7-12)16(21)19-14-9-5-8-13-11-18-20-15(13)14/h2-9,11,22H,10H2,1H3,(H,18,20)(H,19,21)/t17-/m1/s1. The van der Waals surface area contributed by atoms with Gasteiger partial charge in [0.15, 0.2) is 0 Å². The lowest BCUT2D eigenvalue weighted by atomic mass is 9.95. The van der Waals surface area contributed by atoms with Gasteiger partial charge in [-0.15, -0.1) is 0 Å². The van der Waals surface area contributed by atoms with Crippen LogP contribution in [0, 0.1) is 0 Å². The Bertz CT molecular complexity index is 794. The summed E-state index contributed by atoms with van der Waals surface area (Å²) in [5.74, 6) is -0.446. The highest BCUT2D eigenvalue weighted by Crippen LogP contribution is 2.22. The number of rotatable bonds is 4. The monoisotopic (exact) mass is 295 g/mol. The van der Waals surface area contributed by atoms with Gasteiger partial charge in [-0.1, -0.05) is 42.5 Å². The van der Waals surface area contributed by atoms with Crippen LogP contribution >= 0.6 is 0 Å². The van der Waals surface area contributed by atoms with Gasteiger partial charge in [0.1, 0.15) is 5.60 Å². The van der Waals surface area contributed by atoms with Gasteiger partial charge in [-0.25, -0.2) is 0 Å². The van der Waals surface area contributed by atoms with Gasteiger partial charge >= 0.3 is 0 Å². The molecule has 0 unspecified atom stereocenters. The molecule has 3 rings (SSSR count). The third kappa shape index (κ3) is 2.84. The molecule has 1 aromatic heterocycles. The Hall–Kier alpha value is -2.66. The molecule has 0 aliphatic rings. The Morgan fingerprint density at radius 2 is 2.00 bits per heavy atom. The molecule has 0 spiro atoms. The van der Waals surface area contributed by atoms with Gasteiger partial charge in [0.25, 0.3) is 5.91 Å². The van der Waals surface area contributed by atoms with E-state index in [9.17, 15) is 9.90 Å². The Balaban J connectivity index is 1.80. The van der Waals surface area contributed by atoms with Gasteiger partial charge in [0.05, 0.1) is 17.4 Å². The third-order valence-corrected chi connectivity index (χ3v) is 3.61. The summed E-state index contributed by atoms with van der Waals surface area (Å²) in [6.07, 6.45) is 1.94. The first-order valence-corrected chi connectivity index (χ1v) is 7.06. The fraction of sp³-hybridized carbons (Fsp3) is 0.176. The maximum absolute atomic E-state index is 12.4. The zero-order valence-electron chi connectivity index (χ0n) is 12.2. The Morgan fingerprint density at radius 3 is 2.77 bits per heavy atom. The van der Waals surface area contributed by atoms with Crippen LogP contribution in [0.5, 0.6) is 0 Å². The van der Waals surface area contributed by atoms with Crippen molar-refractivity contribution in [1.82, 2.24) is 10.2 Å². The van der Waals surface area contributed by atoms with Crippen LogP contribution in [0.4, 0.5) is 5.69 Å². The van der Waals surface area contributed by atoms with Crippen molar-refractivity contribution in [3.63, 3.8) is 0 Å². The number of para-hydroxylation sites is 1. The molecule has 1 amide bonds. The van der Waals surface area contributed by atoms with Crippen LogP contribution in [0.3, 0.4) is 0 Å². The van der Waals surface area contributed by atoms with E-state index in [2.05, 4.69) is 15.5 Å². The van der Waals surface area contributed by atoms with Crippen LogP contribution < -0.4 is 5.32 Å². The van der Waals surface area contributed by atoms with Crippen LogP contribution in [-0.2, 0) is 11.2 Å². The summed E-state index contributed by atoms with van der Waals surface area (Å²) in [5.41, 5.74) is 0.755. The molecule has 3 aromatic rings. The lowest BCUT2D eigenvalue weighted by Crippen LogP contribution is -2.42. The van der Waals surface area contributed by atoms with Crippen molar-refractivity contribution >= 4 is 22.5 Å². The van der Waals surface area contributed by atoms with Crippen molar-refractivity contribution in [2.45, 2.75) is 18.9 Å². The number of aliphatic hydroxyl groups is 1. The number of carbonyl (C=O) groups excluding carboxylic acids is 1. The van der Waals surface area contributed by atoms with Gasteiger partial charge in [-0.3, -0.25) is 9.89 Å². The molecular formula is C17H17N3O2. The first-order chi connectivity index (χ1) is 10.6. The minimum Gasteiger partial charge on any atom is -0.380 e. The molecule has 0 fully saturated rings. The van der Waals surface area contributed by atoms with Gasteiger partial charge < -0.3 is 10.4 Å². The van der Waals surface area contributed by atoms with Gasteiger partial charge in [0.2, 0.25) is 0 Å². The lowest BCUT2D eigenvalue weighted by molar-refractivity contribution is -0.132. The molecule has 0 saturated carbocycles. The smallest absolute Gasteiger partial charge is 0.256 e. The van der Waals surface area contributed by atoms with Gasteiger partial charge in [0, 0.05) is 11.8 Å². The second-order valence-corrected chi connectivity index (χ2v) is 5.53. The molecule has 5 nitrogen and oxygen atoms in total. The Labute approximate surface area is 128 Å². The predicted molar refractivity (Wildman–Crippen MR) is 85.5 cm³/mol. The van der Waals surface area contributed by atoms with Crippen molar-refractivity contribution in [3.05, 3.63) is 60.3 Å². The summed E-state index contributed by atoms with van der Waals surface area (Å²) in [6.45, 7) is 1.52. The molecular weight excluding hydrogens is 278 g/mol. The first-order valence-electron chi connectivity index (χ1n) is 7.06. The summed E-state index contributed by atoms with van der Waals surface area (Å²) in [6, 6.07) is 14.9. The number of benzene rings is 2. The van der Waals surface area contributed by atoms with E-state index in [1.54, 1.807) is 12.3 Å². The van der Waals surface area contributed by atoms with Crippen molar-refractivity contribution in [3.8, 4) is 0 Å². The molecule has 5 heteroatoms. The fourth-order valence-corrected chi connectivity index (χ4v) is 2.40. The van der Waals surface area contributed by atoms with Crippen molar-refractivity contribution < 1.29 is 9.90 Å². The second-order valence-electron chi connectivity index (χ2n) is 5.53. The minimum atomic E-state index is -1.50. The van der Waals surface area contributed by atoms with E-state index in [4.69, 9.17) is 0 Å². The highest BCUT2D eigenvalue weighted by molar-refractivity contribution is 6.03. The number of amides is 1. The molecule has 0 radical (unpaired) electrons. The SMILES string of the molecule is C[C@@](O)(Cc1ccccc1)C(=O)Nc1cccc2cn[nH]c12. The molecule has 112 valence electrons. The summed E-state index contributed by atoms with van der Waals surface area (Å²) >= 11 is 0. The summed E-state index contributed by atoms with van der Waals surface area (Å²) in [4.78, 5) is 12.4. The van der Waals surface area contributed by atoms with Gasteiger partial charge in [-0.05, 0) is 18.6 Å². The Morgan fingerprint density at radius 1 is 1.23 bits per heavy atom. The second kappa shape index (κ2) is 5.61. The van der Waals surface area contributed by atoms with Crippen LogP contribution in [0.1, 0.15) is 12.5 Å². The highest BCUT2D eigenvalue weighted by Gasteiger charge is 2.30. The summed E-state index contributed by atoms with van der Waals surface area (Å²) in [7, 11) is 0. The maximum atomic E-state index is 12.4. The maximum Gasteiger partial charge on any atom is 0.256 e. The van der Waals surface area contributed by atoms with Crippen molar-refractivity contribution in [1.29, 1.82) is 0 Å². The van der Waals surface area contributed by atoms with Crippen LogP contribution in [-0.4, -0.2) is 26.8 Å². The van der Waals surface area contributed by atoms with Crippen LogP contribution in [0.15, 0.2) is 54.7 Å². The first kappa shape index (κ1) is 14.3. The highest BCUT2D eigenvalue weighted by atomic mass is 16.3. The molecule has 22 heavy (non-hydrogen) atoms. The number of anilines is 1. The Kier molecular flexibility index (Phi) is 3.65. The van der Waals surface area contributed by atoms with E-state index in [0.717, 1.165) is 16.5 Å². The summed E-state index contributed by atoms with van der Waals surface area (Å²) < 4.78 is 0. The number of nitrogens with zero attached hydrogens (tertiary/aromatic N) is 1. The number of carbonyl (C=O) groups is 1. The normalized spacial score (nSPS) is 13.7. The van der Waals surface area contributed by atoms with E-state index >= 15 is 0 Å². The largest absolute Gasteiger partial charge is 0.380 e. The average Bonchev–Trinajstić information content (AvgIpc) is 2.97. The third-order valence-electron chi connectivity index (χ3n) is 3.61. The average molecular weight is 295 g/mol. The molecule has 2 aromatic carbocycles. The fourth-order valence-electron chi connectivity index (χ4n) is 2.40. The zero-order chi connectivity index (χ0) is 15.6. The van der Waals surface area contributed by atoms with Gasteiger partial charge in [-0.2, -0.15) is 5.10 Å². The number of aromatic amines is 1.